The highest BCUT2D eigenvalue weighted by Gasteiger charge is 2.09. The third-order valence-electron chi connectivity index (χ3n) is 3.49. The van der Waals surface area contributed by atoms with Gasteiger partial charge >= 0.3 is 0 Å². The van der Waals surface area contributed by atoms with Gasteiger partial charge in [0.15, 0.2) is 0 Å². The van der Waals surface area contributed by atoms with Crippen molar-refractivity contribution < 1.29 is 9.53 Å². The highest BCUT2D eigenvalue weighted by Crippen LogP contribution is 2.16. The zero-order valence-corrected chi connectivity index (χ0v) is 12.4. The lowest BCUT2D eigenvalue weighted by molar-refractivity contribution is 0.0963. The fourth-order valence-corrected chi connectivity index (χ4v) is 2.28. The second-order valence-electron chi connectivity index (χ2n) is 4.88. The average molecular weight is 296 g/mol. The Balaban J connectivity index is 1.89. The van der Waals surface area contributed by atoms with Crippen LogP contribution in [0.25, 0.3) is 11.0 Å². The number of hydrogen-bond acceptors (Lipinski definition) is 4. The summed E-state index contributed by atoms with van der Waals surface area (Å²) >= 11 is 0. The minimum Gasteiger partial charge on any atom is -0.497 e. The summed E-state index contributed by atoms with van der Waals surface area (Å²) in [4.78, 5) is 11.6. The van der Waals surface area contributed by atoms with Crippen LogP contribution < -0.4 is 10.1 Å². The Morgan fingerprint density at radius 3 is 2.68 bits per heavy atom. The molecule has 1 N–H and O–H groups in total. The Kier molecular flexibility index (Phi) is 3.74. The van der Waals surface area contributed by atoms with Gasteiger partial charge in [-0.1, -0.05) is 17.3 Å². The molecule has 3 rings (SSSR count). The van der Waals surface area contributed by atoms with Crippen LogP contribution in [0.5, 0.6) is 5.75 Å². The predicted octanol–water partition coefficient (Wildman–Crippen LogP) is 1.85. The van der Waals surface area contributed by atoms with Gasteiger partial charge in [0.1, 0.15) is 11.3 Å². The quantitative estimate of drug-likeness (QED) is 0.797. The van der Waals surface area contributed by atoms with Crippen molar-refractivity contribution in [3.05, 3.63) is 53.6 Å². The van der Waals surface area contributed by atoms with Crippen LogP contribution in [0.4, 0.5) is 0 Å². The van der Waals surface area contributed by atoms with Crippen molar-refractivity contribution in [1.29, 1.82) is 0 Å². The number of carbonyl (C=O) groups excluding carboxylic acids is 1. The minimum absolute atomic E-state index is 0.133. The van der Waals surface area contributed by atoms with Crippen LogP contribution in [0.2, 0.25) is 0 Å². The van der Waals surface area contributed by atoms with Gasteiger partial charge in [-0.15, -0.1) is 5.10 Å². The molecule has 0 atom stereocenters. The molecule has 6 heteroatoms. The van der Waals surface area contributed by atoms with E-state index in [-0.39, 0.29) is 5.91 Å². The van der Waals surface area contributed by atoms with E-state index in [2.05, 4.69) is 15.6 Å². The summed E-state index contributed by atoms with van der Waals surface area (Å²) in [5.41, 5.74) is 3.27. The van der Waals surface area contributed by atoms with E-state index in [4.69, 9.17) is 4.74 Å². The molecule has 0 unspecified atom stereocenters. The highest BCUT2D eigenvalue weighted by atomic mass is 16.5. The van der Waals surface area contributed by atoms with Crippen LogP contribution in [-0.4, -0.2) is 35.1 Å². The number of amides is 1. The highest BCUT2D eigenvalue weighted by molar-refractivity contribution is 5.97. The Bertz CT molecular complexity index is 809. The smallest absolute Gasteiger partial charge is 0.251 e. The number of ether oxygens (including phenoxy) is 1. The zero-order chi connectivity index (χ0) is 15.5. The van der Waals surface area contributed by atoms with Crippen molar-refractivity contribution in [3.8, 4) is 5.75 Å². The molecular formula is C16H16N4O2. The maximum absolute atomic E-state index is 11.6. The van der Waals surface area contributed by atoms with Crippen LogP contribution in [-0.2, 0) is 6.54 Å². The number of nitrogens with one attached hydrogen (secondary N) is 1. The first-order valence-electron chi connectivity index (χ1n) is 6.89. The Hall–Kier alpha value is -2.89. The number of nitrogens with zero attached hydrogens (tertiary/aromatic N) is 3. The SMILES string of the molecule is CNC(=O)c1ccc2c(c1)nnn2Cc1ccc(OC)cc1. The van der Waals surface area contributed by atoms with E-state index in [1.54, 1.807) is 26.3 Å². The number of carbonyl (C=O) groups is 1. The maximum Gasteiger partial charge on any atom is 0.251 e. The van der Waals surface area contributed by atoms with Gasteiger partial charge in [-0.25, -0.2) is 4.68 Å². The fraction of sp³-hybridized carbons (Fsp3) is 0.188. The molecule has 0 radical (unpaired) electrons. The summed E-state index contributed by atoms with van der Waals surface area (Å²) in [6.45, 7) is 0.611. The third-order valence-corrected chi connectivity index (χ3v) is 3.49. The van der Waals surface area contributed by atoms with Gasteiger partial charge in [-0.05, 0) is 35.9 Å². The van der Waals surface area contributed by atoms with E-state index < -0.39 is 0 Å². The minimum atomic E-state index is -0.133. The molecule has 0 fully saturated rings. The standard InChI is InChI=1S/C16H16N4O2/c1-17-16(21)12-5-8-15-14(9-12)18-19-20(15)10-11-3-6-13(22-2)7-4-11/h3-9H,10H2,1-2H3,(H,17,21). The molecule has 112 valence electrons. The molecule has 0 spiro atoms. The first-order chi connectivity index (χ1) is 10.7. The van der Waals surface area contributed by atoms with E-state index in [9.17, 15) is 4.79 Å². The van der Waals surface area contributed by atoms with Crippen molar-refractivity contribution in [2.45, 2.75) is 6.54 Å². The Morgan fingerprint density at radius 2 is 2.00 bits per heavy atom. The number of fused-ring (bicyclic) bond motifs is 1. The van der Waals surface area contributed by atoms with Gasteiger partial charge in [0.2, 0.25) is 0 Å². The molecule has 22 heavy (non-hydrogen) atoms. The second-order valence-corrected chi connectivity index (χ2v) is 4.88. The molecule has 1 aromatic heterocycles. The molecule has 0 saturated heterocycles. The topological polar surface area (TPSA) is 69.0 Å². The Labute approximate surface area is 127 Å². The predicted molar refractivity (Wildman–Crippen MR) is 83.0 cm³/mol. The summed E-state index contributed by atoms with van der Waals surface area (Å²) in [5, 5.41) is 10.9. The summed E-state index contributed by atoms with van der Waals surface area (Å²) in [5.74, 6) is 0.689. The molecule has 0 aliphatic rings. The van der Waals surface area contributed by atoms with Crippen LogP contribution in [0.15, 0.2) is 42.5 Å². The lowest BCUT2D eigenvalue weighted by atomic mass is 10.2. The number of hydrogen-bond donors (Lipinski definition) is 1. The van der Waals surface area contributed by atoms with Gasteiger partial charge in [0.05, 0.1) is 19.2 Å². The van der Waals surface area contributed by atoms with Gasteiger partial charge < -0.3 is 10.1 Å². The largest absolute Gasteiger partial charge is 0.497 e. The summed E-state index contributed by atoms with van der Waals surface area (Å²) in [7, 11) is 3.25. The van der Waals surface area contributed by atoms with Crippen LogP contribution >= 0.6 is 0 Å². The van der Waals surface area contributed by atoms with Crippen molar-refractivity contribution in [2.24, 2.45) is 0 Å². The van der Waals surface area contributed by atoms with Gasteiger partial charge in [-0.2, -0.15) is 0 Å². The molecule has 0 saturated carbocycles. The molecule has 0 aliphatic heterocycles. The lowest BCUT2D eigenvalue weighted by Crippen LogP contribution is -2.17. The van der Waals surface area contributed by atoms with Gasteiger partial charge in [-0.3, -0.25) is 4.79 Å². The molecule has 0 aliphatic carbocycles. The first kappa shape index (κ1) is 14.1. The first-order valence-corrected chi connectivity index (χ1v) is 6.89. The molecular weight excluding hydrogens is 280 g/mol. The normalized spacial score (nSPS) is 10.6. The molecule has 3 aromatic rings. The molecule has 6 nitrogen and oxygen atoms in total. The Morgan fingerprint density at radius 1 is 1.23 bits per heavy atom. The van der Waals surface area contributed by atoms with Gasteiger partial charge in [0, 0.05) is 12.6 Å². The van der Waals surface area contributed by atoms with E-state index in [0.29, 0.717) is 17.6 Å². The summed E-state index contributed by atoms with van der Waals surface area (Å²) in [6.07, 6.45) is 0. The van der Waals surface area contributed by atoms with E-state index in [0.717, 1.165) is 16.8 Å². The maximum atomic E-state index is 11.6. The van der Waals surface area contributed by atoms with Crippen LogP contribution in [0.3, 0.4) is 0 Å². The van der Waals surface area contributed by atoms with Crippen molar-refractivity contribution in [1.82, 2.24) is 20.3 Å². The van der Waals surface area contributed by atoms with Gasteiger partial charge in [0.25, 0.3) is 5.91 Å². The third kappa shape index (κ3) is 2.63. The molecule has 0 bridgehead atoms. The zero-order valence-electron chi connectivity index (χ0n) is 12.4. The van der Waals surface area contributed by atoms with Crippen LogP contribution in [0, 0.1) is 0 Å². The van der Waals surface area contributed by atoms with E-state index >= 15 is 0 Å². The monoisotopic (exact) mass is 296 g/mol. The summed E-state index contributed by atoms with van der Waals surface area (Å²) < 4.78 is 6.96. The molecule has 1 amide bonds. The number of aromatic nitrogens is 3. The number of methoxy groups -OCH3 is 1. The van der Waals surface area contributed by atoms with Crippen molar-refractivity contribution in [3.63, 3.8) is 0 Å². The van der Waals surface area contributed by atoms with Crippen molar-refractivity contribution in [2.75, 3.05) is 14.2 Å². The van der Waals surface area contributed by atoms with E-state index in [1.165, 1.54) is 0 Å². The van der Waals surface area contributed by atoms with E-state index in [1.807, 2.05) is 35.0 Å². The molecule has 2 aromatic carbocycles. The molecule has 1 heterocycles. The number of benzene rings is 2. The average Bonchev–Trinajstić information content (AvgIpc) is 2.97. The number of rotatable bonds is 4. The lowest BCUT2D eigenvalue weighted by Gasteiger charge is -2.05. The summed E-state index contributed by atoms with van der Waals surface area (Å²) in [6, 6.07) is 13.2. The van der Waals surface area contributed by atoms with Crippen LogP contribution in [0.1, 0.15) is 15.9 Å². The second kappa shape index (κ2) is 5.85. The fourth-order valence-electron chi connectivity index (χ4n) is 2.28. The van der Waals surface area contributed by atoms with Crippen molar-refractivity contribution >= 4 is 16.9 Å².